The van der Waals surface area contributed by atoms with Crippen LogP contribution >= 0.6 is 11.6 Å². The first kappa shape index (κ1) is 26.4. The second kappa shape index (κ2) is 9.67. The van der Waals surface area contributed by atoms with E-state index >= 15 is 0 Å². The highest BCUT2D eigenvalue weighted by Gasteiger charge is 2.42. The van der Waals surface area contributed by atoms with E-state index in [4.69, 9.17) is 21.7 Å². The van der Waals surface area contributed by atoms with Crippen LogP contribution in [-0.2, 0) is 21.4 Å². The number of likely N-dealkylation sites (tertiary alicyclic amines) is 1. The third kappa shape index (κ3) is 5.11. The predicted molar refractivity (Wildman–Crippen MR) is 125 cm³/mol. The predicted octanol–water partition coefficient (Wildman–Crippen LogP) is 4.70. The number of benzene rings is 2. The normalized spacial score (nSPS) is 21.5. The number of nitrogens with zero attached hydrogens (tertiary/aromatic N) is 3. The van der Waals surface area contributed by atoms with E-state index in [2.05, 4.69) is 10.5 Å². The zero-order valence-corrected chi connectivity index (χ0v) is 20.5. The number of hydrogen-bond donors (Lipinski definition) is 1. The Morgan fingerprint density at radius 3 is 2.73 bits per heavy atom. The SMILES string of the molecule is Cc1cc(C2=NOC(C)(c3cc(C(F)(F)F)cc(Cl)c3F)C2)ccc1C(=O)N[C@@H]1CCN(CC#N)C1=O. The van der Waals surface area contributed by atoms with Gasteiger partial charge in [-0.1, -0.05) is 22.8 Å². The minimum Gasteiger partial charge on any atom is -0.384 e. The van der Waals surface area contributed by atoms with Crippen molar-refractivity contribution in [1.29, 1.82) is 5.26 Å². The Bertz CT molecular complexity index is 1350. The van der Waals surface area contributed by atoms with Gasteiger partial charge in [0.2, 0.25) is 5.91 Å². The number of alkyl halides is 3. The monoisotopic (exact) mass is 536 g/mol. The molecule has 12 heteroatoms. The Morgan fingerprint density at radius 2 is 2.08 bits per heavy atom. The summed E-state index contributed by atoms with van der Waals surface area (Å²) in [5, 5.41) is 14.8. The fraction of sp³-hybridized carbons (Fsp3) is 0.360. The van der Waals surface area contributed by atoms with Crippen molar-refractivity contribution < 1.29 is 32.0 Å². The largest absolute Gasteiger partial charge is 0.416 e. The van der Waals surface area contributed by atoms with Crippen LogP contribution in [0.5, 0.6) is 0 Å². The Hall–Kier alpha value is -3.65. The number of carbonyl (C=O) groups excluding carboxylic acids is 2. The van der Waals surface area contributed by atoms with Crippen molar-refractivity contribution in [3.63, 3.8) is 0 Å². The van der Waals surface area contributed by atoms with Crippen molar-refractivity contribution in [3.05, 3.63) is 69.0 Å². The average Bonchev–Trinajstić information content (AvgIpc) is 3.39. The van der Waals surface area contributed by atoms with Crippen molar-refractivity contribution in [3.8, 4) is 6.07 Å². The summed E-state index contributed by atoms with van der Waals surface area (Å²) < 4.78 is 54.5. The molecule has 2 aliphatic rings. The third-order valence-electron chi connectivity index (χ3n) is 6.46. The van der Waals surface area contributed by atoms with Gasteiger partial charge in [0.1, 0.15) is 18.4 Å². The molecular weight excluding hydrogens is 516 g/mol. The molecule has 1 saturated heterocycles. The second-order valence-electron chi connectivity index (χ2n) is 9.12. The van der Waals surface area contributed by atoms with Crippen LogP contribution in [0.2, 0.25) is 5.02 Å². The lowest BCUT2D eigenvalue weighted by atomic mass is 9.87. The highest BCUT2D eigenvalue weighted by atomic mass is 35.5. The van der Waals surface area contributed by atoms with Crippen LogP contribution in [0.1, 0.15) is 52.4 Å². The molecule has 0 aromatic heterocycles. The lowest BCUT2D eigenvalue weighted by Gasteiger charge is -2.24. The van der Waals surface area contributed by atoms with Gasteiger partial charge >= 0.3 is 6.18 Å². The fourth-order valence-corrected chi connectivity index (χ4v) is 4.65. The number of nitrogens with one attached hydrogen (secondary N) is 1. The van der Waals surface area contributed by atoms with Crippen LogP contribution in [0.4, 0.5) is 17.6 Å². The second-order valence-corrected chi connectivity index (χ2v) is 9.52. The van der Waals surface area contributed by atoms with E-state index in [0.29, 0.717) is 47.5 Å². The highest BCUT2D eigenvalue weighted by molar-refractivity contribution is 6.30. The van der Waals surface area contributed by atoms with Gasteiger partial charge in [-0.25, -0.2) is 4.39 Å². The lowest BCUT2D eigenvalue weighted by molar-refractivity contribution is -0.137. The first-order valence-electron chi connectivity index (χ1n) is 11.2. The molecule has 0 saturated carbocycles. The smallest absolute Gasteiger partial charge is 0.384 e. The minimum atomic E-state index is -4.73. The molecule has 1 unspecified atom stereocenters. The molecule has 4 rings (SSSR count). The van der Waals surface area contributed by atoms with E-state index < -0.39 is 40.1 Å². The molecular formula is C25H21ClF4N4O3. The average molecular weight is 537 g/mol. The van der Waals surface area contributed by atoms with Crippen molar-refractivity contribution >= 4 is 29.1 Å². The van der Waals surface area contributed by atoms with E-state index in [1.54, 1.807) is 19.1 Å². The van der Waals surface area contributed by atoms with Crippen LogP contribution < -0.4 is 5.32 Å². The van der Waals surface area contributed by atoms with E-state index in [9.17, 15) is 27.2 Å². The molecule has 0 aliphatic carbocycles. The van der Waals surface area contributed by atoms with E-state index in [0.717, 1.165) is 0 Å². The summed E-state index contributed by atoms with van der Waals surface area (Å²) in [7, 11) is 0. The highest BCUT2D eigenvalue weighted by Crippen LogP contribution is 2.42. The molecule has 2 aromatic carbocycles. The minimum absolute atomic E-state index is 0.0430. The summed E-state index contributed by atoms with van der Waals surface area (Å²) in [6.45, 7) is 3.43. The van der Waals surface area contributed by atoms with Gasteiger partial charge < -0.3 is 15.1 Å². The van der Waals surface area contributed by atoms with E-state index in [1.807, 2.05) is 6.07 Å². The van der Waals surface area contributed by atoms with Gasteiger partial charge in [-0.3, -0.25) is 9.59 Å². The van der Waals surface area contributed by atoms with Crippen molar-refractivity contribution in [2.24, 2.45) is 5.16 Å². The molecule has 2 atom stereocenters. The van der Waals surface area contributed by atoms with Crippen LogP contribution in [0, 0.1) is 24.1 Å². The number of aryl methyl sites for hydroxylation is 1. The Labute approximate surface area is 214 Å². The zero-order chi connectivity index (χ0) is 27.1. The van der Waals surface area contributed by atoms with Gasteiger partial charge in [-0.15, -0.1) is 0 Å². The summed E-state index contributed by atoms with van der Waals surface area (Å²) in [4.78, 5) is 31.9. The number of halogens is 5. The molecule has 0 radical (unpaired) electrons. The fourth-order valence-electron chi connectivity index (χ4n) is 4.43. The summed E-state index contributed by atoms with van der Waals surface area (Å²) in [6, 6.07) is 7.15. The summed E-state index contributed by atoms with van der Waals surface area (Å²) in [5.74, 6) is -1.80. The van der Waals surface area contributed by atoms with Crippen LogP contribution in [0.25, 0.3) is 0 Å². The van der Waals surface area contributed by atoms with Gasteiger partial charge in [-0.2, -0.15) is 18.4 Å². The maximum absolute atomic E-state index is 14.7. The summed E-state index contributed by atoms with van der Waals surface area (Å²) in [6.07, 6.45) is -4.38. The Kier molecular flexibility index (Phi) is 6.90. The Morgan fingerprint density at radius 1 is 1.35 bits per heavy atom. The number of rotatable bonds is 5. The van der Waals surface area contributed by atoms with Crippen LogP contribution in [0.3, 0.4) is 0 Å². The summed E-state index contributed by atoms with van der Waals surface area (Å²) >= 11 is 5.74. The topological polar surface area (TPSA) is 94.8 Å². The first-order valence-corrected chi connectivity index (χ1v) is 11.6. The van der Waals surface area contributed by atoms with Crippen molar-refractivity contribution in [2.75, 3.05) is 13.1 Å². The summed E-state index contributed by atoms with van der Waals surface area (Å²) in [5.41, 5.74) is -1.25. The van der Waals surface area contributed by atoms with Crippen molar-refractivity contribution in [2.45, 2.75) is 44.5 Å². The molecule has 2 aromatic rings. The van der Waals surface area contributed by atoms with Crippen LogP contribution in [0.15, 0.2) is 35.5 Å². The molecule has 1 fully saturated rings. The molecule has 2 heterocycles. The third-order valence-corrected chi connectivity index (χ3v) is 6.73. The molecule has 1 N–H and O–H groups in total. The quantitative estimate of drug-likeness (QED) is 0.443. The lowest BCUT2D eigenvalue weighted by Crippen LogP contribution is -2.41. The Balaban J connectivity index is 1.51. The van der Waals surface area contributed by atoms with E-state index in [1.165, 1.54) is 17.9 Å². The number of nitriles is 1. The molecule has 2 aliphatic heterocycles. The first-order chi connectivity index (χ1) is 17.3. The number of amides is 2. The molecule has 0 spiro atoms. The molecule has 37 heavy (non-hydrogen) atoms. The molecule has 7 nitrogen and oxygen atoms in total. The maximum atomic E-state index is 14.7. The van der Waals surface area contributed by atoms with Crippen molar-refractivity contribution in [1.82, 2.24) is 10.2 Å². The standard InChI is InChI=1S/C25H21ClF4N4O3/c1-13-9-14(3-4-16(13)22(35)32-19-5-7-34(8-6-31)23(19)36)20-12-24(2,37-33-20)17-10-15(25(28,29)30)11-18(26)21(17)27/h3-4,9-11,19H,5,7-8,12H2,1-2H3,(H,32,35)/t19-,24?/m1/s1. The number of carbonyl (C=O) groups is 2. The van der Waals surface area contributed by atoms with Gasteiger partial charge in [0.05, 0.1) is 22.4 Å². The van der Waals surface area contributed by atoms with Gasteiger partial charge in [-0.05, 0) is 55.7 Å². The van der Waals surface area contributed by atoms with Gasteiger partial charge in [0.25, 0.3) is 5.91 Å². The zero-order valence-electron chi connectivity index (χ0n) is 19.7. The molecule has 0 bridgehead atoms. The molecule has 194 valence electrons. The number of oxime groups is 1. The van der Waals surface area contributed by atoms with Gasteiger partial charge in [0.15, 0.2) is 5.60 Å². The molecule has 2 amide bonds. The maximum Gasteiger partial charge on any atom is 0.416 e. The van der Waals surface area contributed by atoms with E-state index in [-0.39, 0.29) is 24.4 Å². The van der Waals surface area contributed by atoms with Crippen LogP contribution in [-0.4, -0.2) is 41.6 Å². The number of hydrogen-bond acceptors (Lipinski definition) is 5. The van der Waals surface area contributed by atoms with Gasteiger partial charge in [0, 0.05) is 24.1 Å².